The van der Waals surface area contributed by atoms with Crippen molar-refractivity contribution in [2.75, 3.05) is 6.67 Å². The first kappa shape index (κ1) is 16.3. The van der Waals surface area contributed by atoms with E-state index < -0.39 is 23.7 Å². The van der Waals surface area contributed by atoms with Crippen LogP contribution in [-0.4, -0.2) is 34.2 Å². The van der Waals surface area contributed by atoms with Gasteiger partial charge >= 0.3 is 5.97 Å². The maximum atomic E-state index is 13.4. The molecule has 0 saturated heterocycles. The fraction of sp³-hybridized carbons (Fsp3) is 0.467. The summed E-state index contributed by atoms with van der Waals surface area (Å²) in [6.07, 6.45) is 4.98. The predicted octanol–water partition coefficient (Wildman–Crippen LogP) is 2.20. The first-order chi connectivity index (χ1) is 9.14. The summed E-state index contributed by atoms with van der Waals surface area (Å²) in [4.78, 5) is 22.1. The number of halogens is 1. The van der Waals surface area contributed by atoms with Gasteiger partial charge in [0.25, 0.3) is 0 Å². The number of carbonyl (C=O) groups excluding carboxylic acids is 1. The maximum absolute atomic E-state index is 13.4. The summed E-state index contributed by atoms with van der Waals surface area (Å²) in [6.45, 7) is 3.77. The molecule has 5 heteroatoms. The first-order valence-corrected chi connectivity index (χ1v) is 6.25. The van der Waals surface area contributed by atoms with Crippen LogP contribution < -0.4 is 0 Å². The molecule has 1 rings (SSSR count). The van der Waals surface area contributed by atoms with Crippen LogP contribution in [0.25, 0.3) is 0 Å². The van der Waals surface area contributed by atoms with E-state index in [1.54, 1.807) is 13.8 Å². The second-order valence-corrected chi connectivity index (χ2v) is 5.49. The fourth-order valence-corrected chi connectivity index (χ4v) is 2.37. The van der Waals surface area contributed by atoms with Crippen molar-refractivity contribution in [1.29, 1.82) is 0 Å². The molecule has 110 valence electrons. The molecular formula is C15H19FO4. The van der Waals surface area contributed by atoms with Gasteiger partial charge in [-0.2, -0.15) is 0 Å². The Labute approximate surface area is 117 Å². The average Bonchev–Trinajstić information content (AvgIpc) is 2.33. The molecule has 0 unspecified atom stereocenters. The Morgan fingerprint density at radius 2 is 2.15 bits per heavy atom. The van der Waals surface area contributed by atoms with Crippen LogP contribution in [0.15, 0.2) is 35.5 Å². The summed E-state index contributed by atoms with van der Waals surface area (Å²) in [6, 6.07) is 0. The van der Waals surface area contributed by atoms with Crippen molar-refractivity contribution in [2.24, 2.45) is 5.41 Å². The van der Waals surface area contributed by atoms with Crippen molar-refractivity contribution in [3.05, 3.63) is 35.5 Å². The van der Waals surface area contributed by atoms with Gasteiger partial charge in [-0.3, -0.25) is 9.18 Å². The Morgan fingerprint density at radius 3 is 2.65 bits per heavy atom. The average molecular weight is 282 g/mol. The number of hydrogen-bond acceptors (Lipinski definition) is 3. The lowest BCUT2D eigenvalue weighted by Crippen LogP contribution is -2.51. The molecule has 0 aromatic heterocycles. The van der Waals surface area contributed by atoms with Crippen LogP contribution in [0, 0.1) is 5.41 Å². The maximum Gasteiger partial charge on any atom is 0.328 e. The molecule has 0 aromatic carbocycles. The zero-order chi connectivity index (χ0) is 15.6. The van der Waals surface area contributed by atoms with Crippen LogP contribution >= 0.6 is 0 Å². The smallest absolute Gasteiger partial charge is 0.328 e. The predicted molar refractivity (Wildman–Crippen MR) is 72.9 cm³/mol. The monoisotopic (exact) mass is 282 g/mol. The molecule has 2 atom stereocenters. The summed E-state index contributed by atoms with van der Waals surface area (Å²) < 4.78 is 13.4. The Kier molecular flexibility index (Phi) is 4.65. The van der Waals surface area contributed by atoms with Crippen molar-refractivity contribution in [3.63, 3.8) is 0 Å². The number of carbonyl (C=O) groups is 2. The Hall–Kier alpha value is -1.75. The Bertz CT molecular complexity index is 518. The zero-order valence-electron chi connectivity index (χ0n) is 11.8. The van der Waals surface area contributed by atoms with Crippen molar-refractivity contribution >= 4 is 11.8 Å². The highest BCUT2D eigenvalue weighted by Crippen LogP contribution is 2.45. The molecule has 20 heavy (non-hydrogen) atoms. The molecule has 1 aliphatic rings. The molecule has 0 saturated carbocycles. The summed E-state index contributed by atoms with van der Waals surface area (Å²) in [7, 11) is 0. The van der Waals surface area contributed by atoms with E-state index in [0.717, 1.165) is 6.08 Å². The molecule has 0 aromatic rings. The fourth-order valence-electron chi connectivity index (χ4n) is 2.37. The minimum absolute atomic E-state index is 0.0939. The van der Waals surface area contributed by atoms with Crippen LogP contribution in [0.5, 0.6) is 0 Å². The van der Waals surface area contributed by atoms with Crippen molar-refractivity contribution in [3.8, 4) is 0 Å². The quantitative estimate of drug-likeness (QED) is 0.612. The number of aliphatic carboxylic acids is 1. The molecule has 0 radical (unpaired) electrons. The van der Waals surface area contributed by atoms with Crippen LogP contribution in [0.3, 0.4) is 0 Å². The molecule has 0 amide bonds. The van der Waals surface area contributed by atoms with E-state index in [1.807, 2.05) is 0 Å². The molecular weight excluding hydrogens is 263 g/mol. The normalized spacial score (nSPS) is 31.6. The molecule has 0 bridgehead atoms. The number of carboxylic acids is 1. The second kappa shape index (κ2) is 5.71. The number of ketones is 1. The van der Waals surface area contributed by atoms with E-state index in [0.29, 0.717) is 11.1 Å². The molecule has 0 fully saturated rings. The van der Waals surface area contributed by atoms with Crippen molar-refractivity contribution < 1.29 is 24.2 Å². The van der Waals surface area contributed by atoms with Gasteiger partial charge in [-0.05, 0) is 37.1 Å². The Morgan fingerprint density at radius 1 is 1.55 bits per heavy atom. The van der Waals surface area contributed by atoms with Gasteiger partial charge < -0.3 is 10.2 Å². The van der Waals surface area contributed by atoms with Crippen LogP contribution in [0.2, 0.25) is 0 Å². The van der Waals surface area contributed by atoms with Gasteiger partial charge in [-0.25, -0.2) is 4.79 Å². The number of hydrogen-bond donors (Lipinski definition) is 2. The van der Waals surface area contributed by atoms with E-state index in [9.17, 15) is 19.1 Å². The molecule has 4 nitrogen and oxygen atoms in total. The standard InChI is InChI=1S/C15H19FO4/c1-10(6-13(18)19)4-5-15(20)11(2)7-12(17)8-14(15,3)9-16/h4-7,20H,8-9H2,1-3H3,(H,18,19)/b5-4+,10-6-/t14-,15-/m1/s1. The van der Waals surface area contributed by atoms with Crippen molar-refractivity contribution in [2.45, 2.75) is 32.8 Å². The van der Waals surface area contributed by atoms with Gasteiger partial charge in [0.2, 0.25) is 0 Å². The lowest BCUT2D eigenvalue weighted by atomic mass is 9.64. The van der Waals surface area contributed by atoms with Gasteiger partial charge in [0.15, 0.2) is 5.78 Å². The highest BCUT2D eigenvalue weighted by Gasteiger charge is 2.50. The number of aliphatic hydroxyl groups is 1. The highest BCUT2D eigenvalue weighted by atomic mass is 19.1. The molecule has 1 aliphatic carbocycles. The SMILES string of the molecule is CC1=CC(=O)C[C@](C)(CF)[C@@]1(O)/C=C/C(C)=C\C(=O)O. The lowest BCUT2D eigenvalue weighted by Gasteiger charge is -2.44. The summed E-state index contributed by atoms with van der Waals surface area (Å²) >= 11 is 0. The Balaban J connectivity index is 3.22. The number of allylic oxidation sites excluding steroid dienone is 3. The first-order valence-electron chi connectivity index (χ1n) is 6.25. The highest BCUT2D eigenvalue weighted by molar-refractivity contribution is 5.93. The molecule has 0 aliphatic heterocycles. The van der Waals surface area contributed by atoms with E-state index in [4.69, 9.17) is 5.11 Å². The van der Waals surface area contributed by atoms with Crippen LogP contribution in [0.1, 0.15) is 27.2 Å². The minimum atomic E-state index is -1.61. The van der Waals surface area contributed by atoms with Gasteiger partial charge in [0, 0.05) is 17.9 Å². The van der Waals surface area contributed by atoms with Crippen LogP contribution in [0.4, 0.5) is 4.39 Å². The summed E-state index contributed by atoms with van der Waals surface area (Å²) in [5, 5.41) is 19.4. The number of rotatable bonds is 4. The van der Waals surface area contributed by atoms with E-state index in [-0.39, 0.29) is 12.2 Å². The van der Waals surface area contributed by atoms with Crippen LogP contribution in [-0.2, 0) is 9.59 Å². The van der Waals surface area contributed by atoms with Crippen molar-refractivity contribution in [1.82, 2.24) is 0 Å². The van der Waals surface area contributed by atoms with E-state index in [1.165, 1.54) is 25.2 Å². The summed E-state index contributed by atoms with van der Waals surface area (Å²) in [5.41, 5.74) is -2.09. The third-order valence-electron chi connectivity index (χ3n) is 3.70. The third kappa shape index (κ3) is 3.04. The molecule has 0 heterocycles. The summed E-state index contributed by atoms with van der Waals surface area (Å²) in [5.74, 6) is -1.32. The van der Waals surface area contributed by atoms with E-state index in [2.05, 4.69) is 0 Å². The van der Waals surface area contributed by atoms with E-state index >= 15 is 0 Å². The van der Waals surface area contributed by atoms with Gasteiger partial charge in [0.1, 0.15) is 5.60 Å². The van der Waals surface area contributed by atoms with Gasteiger partial charge in [-0.15, -0.1) is 0 Å². The number of alkyl halides is 1. The lowest BCUT2D eigenvalue weighted by molar-refractivity contribution is -0.131. The topological polar surface area (TPSA) is 74.6 Å². The third-order valence-corrected chi connectivity index (χ3v) is 3.70. The zero-order valence-corrected chi connectivity index (χ0v) is 11.8. The van der Waals surface area contributed by atoms with Gasteiger partial charge in [-0.1, -0.05) is 13.0 Å². The minimum Gasteiger partial charge on any atom is -0.478 e. The largest absolute Gasteiger partial charge is 0.478 e. The number of carboxylic acid groups (broad SMARTS) is 1. The molecule has 0 spiro atoms. The molecule has 2 N–H and O–H groups in total. The second-order valence-electron chi connectivity index (χ2n) is 5.49. The van der Waals surface area contributed by atoms with Gasteiger partial charge in [0.05, 0.1) is 6.67 Å².